The van der Waals surface area contributed by atoms with Crippen LogP contribution in [0.1, 0.15) is 77.4 Å². The third-order valence-electron chi connectivity index (χ3n) is 13.0. The molecule has 404 valence electrons. The van der Waals surface area contributed by atoms with Crippen molar-refractivity contribution in [1.29, 1.82) is 0 Å². The number of hydrogen-bond donors (Lipinski definition) is 1. The number of hydrogen-bond acceptors (Lipinski definition) is 16. The first-order valence-electron chi connectivity index (χ1n) is 24.6. The normalized spacial score (nSPS) is 17.0. The number of sulfonamides is 2. The molecule has 3 aliphatic heterocycles. The number of nitrogens with one attached hydrogen (secondary N) is 1. The SMILES string of the molecule is COc1ccc(CN(Cc2ccc(OC)cc2)S(=O)(=O)c2c(S(=O)(=O)N[C@@H]3CCN(C(=O)OC(C)(C)C)C3)ccc(N3CCCC(ON4C(=O)c5ccccc5C4=O)C3=O)c2-c2nnn(Cc3ccc(OC)cc3)n2)cc1. The van der Waals surface area contributed by atoms with Gasteiger partial charge in [-0.2, -0.15) is 9.10 Å². The van der Waals surface area contributed by atoms with Gasteiger partial charge < -0.3 is 28.7 Å². The molecule has 9 rings (SSSR count). The quantitative estimate of drug-likeness (QED) is 0.0996. The summed E-state index contributed by atoms with van der Waals surface area (Å²) in [5.74, 6) is -1.09. The maximum atomic E-state index is 16.3. The highest BCUT2D eigenvalue weighted by atomic mass is 32.2. The molecule has 77 heavy (non-hydrogen) atoms. The van der Waals surface area contributed by atoms with E-state index >= 15 is 16.8 Å². The molecule has 2 saturated heterocycles. The smallest absolute Gasteiger partial charge is 0.410 e. The average Bonchev–Trinajstić information content (AvgIpc) is 4.19. The number of tetrazole rings is 1. The lowest BCUT2D eigenvalue weighted by atomic mass is 10.0. The number of methoxy groups -OCH3 is 3. The number of aromatic nitrogens is 4. The molecule has 6 aromatic rings. The van der Waals surface area contributed by atoms with Crippen molar-refractivity contribution in [3.05, 3.63) is 137 Å². The number of ether oxygens (including phenoxy) is 4. The van der Waals surface area contributed by atoms with E-state index in [2.05, 4.69) is 20.1 Å². The summed E-state index contributed by atoms with van der Waals surface area (Å²) in [7, 11) is -5.54. The van der Waals surface area contributed by atoms with Crippen molar-refractivity contribution in [2.45, 2.75) is 87.2 Å². The highest BCUT2D eigenvalue weighted by molar-refractivity contribution is 7.92. The van der Waals surface area contributed by atoms with Gasteiger partial charge in [-0.1, -0.05) is 48.5 Å². The molecular weight excluding hydrogens is 1030 g/mol. The third-order valence-corrected chi connectivity index (χ3v) is 16.6. The Hall–Kier alpha value is -7.77. The number of likely N-dealkylation sites (tertiary alicyclic amines) is 1. The average molecular weight is 1090 g/mol. The fraction of sp³-hybridized carbons (Fsp3) is 0.340. The number of amides is 4. The first kappa shape index (κ1) is 54.0. The summed E-state index contributed by atoms with van der Waals surface area (Å²) >= 11 is 0. The zero-order valence-corrected chi connectivity index (χ0v) is 44.7. The lowest BCUT2D eigenvalue weighted by Gasteiger charge is -2.35. The first-order valence-corrected chi connectivity index (χ1v) is 27.5. The molecule has 5 aromatic carbocycles. The van der Waals surface area contributed by atoms with Crippen molar-refractivity contribution in [3.63, 3.8) is 0 Å². The minimum atomic E-state index is -5.14. The van der Waals surface area contributed by atoms with Gasteiger partial charge in [-0.25, -0.2) is 31.2 Å². The van der Waals surface area contributed by atoms with Crippen LogP contribution >= 0.6 is 0 Å². The van der Waals surface area contributed by atoms with Gasteiger partial charge in [0.05, 0.1) is 50.3 Å². The second kappa shape index (κ2) is 22.1. The molecule has 4 amide bonds. The molecule has 1 unspecified atom stereocenters. The lowest BCUT2D eigenvalue weighted by Crippen LogP contribution is -2.49. The largest absolute Gasteiger partial charge is 0.497 e. The second-order valence-electron chi connectivity index (χ2n) is 19.5. The van der Waals surface area contributed by atoms with Crippen molar-refractivity contribution in [2.24, 2.45) is 0 Å². The highest BCUT2D eigenvalue weighted by Crippen LogP contribution is 2.43. The Morgan fingerprint density at radius 2 is 1.29 bits per heavy atom. The highest BCUT2D eigenvalue weighted by Gasteiger charge is 2.45. The Morgan fingerprint density at radius 3 is 1.83 bits per heavy atom. The van der Waals surface area contributed by atoms with E-state index in [0.29, 0.717) is 39.0 Å². The van der Waals surface area contributed by atoms with E-state index in [1.807, 2.05) is 0 Å². The van der Waals surface area contributed by atoms with E-state index in [0.717, 1.165) is 10.4 Å². The minimum absolute atomic E-state index is 0.0175. The standard InChI is InChI=1S/C53H57N9O13S2/c1-53(2,3)74-52(66)58-29-27-37(33-58)56-76(67,68)45-26-25-43(60-28-9-12-44(51(60)65)75-62-49(63)41-10-7-8-11-42(41)50(62)64)46(48-54-57-61(55-48)32-36-17-23-40(73-6)24-18-36)47(45)77(69,70)59(30-34-13-19-38(71-4)20-14-34)31-35-15-21-39(72-5)22-16-35/h7-8,10-11,13-26,37,44,56H,9,12,27-33H2,1-6H3/t37-,44?/m1/s1. The van der Waals surface area contributed by atoms with E-state index in [1.165, 1.54) is 54.1 Å². The summed E-state index contributed by atoms with van der Waals surface area (Å²) < 4.78 is 88.6. The van der Waals surface area contributed by atoms with Gasteiger partial charge in [-0.15, -0.1) is 15.3 Å². The molecule has 1 N–H and O–H groups in total. The summed E-state index contributed by atoms with van der Waals surface area (Å²) in [4.78, 5) is 63.3. The van der Waals surface area contributed by atoms with Crippen molar-refractivity contribution < 1.29 is 59.8 Å². The fourth-order valence-electron chi connectivity index (χ4n) is 9.19. The summed E-state index contributed by atoms with van der Waals surface area (Å²) in [6.45, 7) is 4.52. The van der Waals surface area contributed by atoms with Crippen LogP contribution in [0.15, 0.2) is 119 Å². The van der Waals surface area contributed by atoms with Gasteiger partial charge in [0, 0.05) is 38.8 Å². The Bertz CT molecular complexity index is 3340. The van der Waals surface area contributed by atoms with E-state index in [-0.39, 0.29) is 81.2 Å². The maximum Gasteiger partial charge on any atom is 0.410 e. The predicted octanol–water partition coefficient (Wildman–Crippen LogP) is 5.82. The van der Waals surface area contributed by atoms with Crippen LogP contribution in [-0.2, 0) is 54.0 Å². The number of carbonyl (C=O) groups excluding carboxylic acids is 4. The first-order chi connectivity index (χ1) is 36.8. The van der Waals surface area contributed by atoms with E-state index < -0.39 is 77.0 Å². The van der Waals surface area contributed by atoms with Crippen LogP contribution in [0.2, 0.25) is 0 Å². The number of nitrogens with zero attached hydrogens (tertiary/aromatic N) is 8. The monoisotopic (exact) mass is 1090 g/mol. The Balaban J connectivity index is 1.21. The second-order valence-corrected chi connectivity index (χ2v) is 23.0. The molecule has 24 heteroatoms. The molecule has 0 spiro atoms. The molecule has 2 atom stereocenters. The zero-order chi connectivity index (χ0) is 54.8. The number of anilines is 1. The number of benzene rings is 5. The van der Waals surface area contributed by atoms with Crippen LogP contribution in [0.3, 0.4) is 0 Å². The lowest BCUT2D eigenvalue weighted by molar-refractivity contribution is -0.161. The topological polar surface area (TPSA) is 251 Å². The molecule has 0 saturated carbocycles. The van der Waals surface area contributed by atoms with Gasteiger partial charge in [0.2, 0.25) is 25.9 Å². The number of carbonyl (C=O) groups is 4. The van der Waals surface area contributed by atoms with Gasteiger partial charge in [-0.05, 0) is 123 Å². The van der Waals surface area contributed by atoms with Crippen molar-refractivity contribution in [1.82, 2.24) is 39.2 Å². The minimum Gasteiger partial charge on any atom is -0.497 e. The number of fused-ring (bicyclic) bond motifs is 1. The van der Waals surface area contributed by atoms with Gasteiger partial charge >= 0.3 is 6.09 Å². The molecule has 2 fully saturated rings. The number of piperidine rings is 1. The fourth-order valence-corrected chi connectivity index (χ4v) is 12.9. The van der Waals surface area contributed by atoms with Crippen LogP contribution in [0.4, 0.5) is 10.5 Å². The number of rotatable bonds is 18. The number of imide groups is 1. The van der Waals surface area contributed by atoms with E-state index in [4.69, 9.17) is 23.8 Å². The Morgan fingerprint density at radius 1 is 0.727 bits per heavy atom. The van der Waals surface area contributed by atoms with Crippen LogP contribution in [-0.4, -0.2) is 134 Å². The van der Waals surface area contributed by atoms with Crippen LogP contribution in [0.25, 0.3) is 11.4 Å². The zero-order valence-electron chi connectivity index (χ0n) is 43.1. The Kier molecular flexibility index (Phi) is 15.5. The summed E-state index contributed by atoms with van der Waals surface area (Å²) in [6, 6.07) is 28.0. The van der Waals surface area contributed by atoms with Gasteiger partial charge in [-0.3, -0.25) is 14.4 Å². The molecule has 4 heterocycles. The Labute approximate surface area is 445 Å². The molecule has 3 aliphatic rings. The van der Waals surface area contributed by atoms with Gasteiger partial charge in [0.25, 0.3) is 17.7 Å². The van der Waals surface area contributed by atoms with E-state index in [1.54, 1.807) is 106 Å². The molecule has 0 radical (unpaired) electrons. The summed E-state index contributed by atoms with van der Waals surface area (Å²) in [6.07, 6.45) is -1.67. The molecule has 22 nitrogen and oxygen atoms in total. The van der Waals surface area contributed by atoms with Crippen LogP contribution in [0, 0.1) is 0 Å². The van der Waals surface area contributed by atoms with E-state index in [9.17, 15) is 19.2 Å². The van der Waals surface area contributed by atoms with Gasteiger partial charge in [0.15, 0.2) is 6.10 Å². The van der Waals surface area contributed by atoms with Crippen LogP contribution < -0.4 is 23.8 Å². The predicted molar refractivity (Wildman–Crippen MR) is 278 cm³/mol. The van der Waals surface area contributed by atoms with Crippen molar-refractivity contribution in [2.75, 3.05) is 45.9 Å². The van der Waals surface area contributed by atoms with Gasteiger partial charge in [0.1, 0.15) is 32.6 Å². The summed E-state index contributed by atoms with van der Waals surface area (Å²) in [5, 5.41) is 13.9. The van der Waals surface area contributed by atoms with Crippen LogP contribution in [0.5, 0.6) is 17.2 Å². The van der Waals surface area contributed by atoms with Crippen molar-refractivity contribution in [3.8, 4) is 28.6 Å². The summed E-state index contributed by atoms with van der Waals surface area (Å²) in [5.41, 5.74) is 0.503. The molecule has 0 aliphatic carbocycles. The molecule has 0 bridgehead atoms. The maximum absolute atomic E-state index is 16.3. The molecular formula is C53H57N9O13S2. The molecule has 1 aromatic heterocycles. The number of hydroxylamine groups is 2. The van der Waals surface area contributed by atoms with Crippen molar-refractivity contribution >= 4 is 49.5 Å². The third kappa shape index (κ3) is 11.7.